The van der Waals surface area contributed by atoms with Gasteiger partial charge in [0.2, 0.25) is 0 Å². The maximum atomic E-state index is 5.63. The molecular weight excluding hydrogens is 374 g/mol. The van der Waals surface area contributed by atoms with Crippen molar-refractivity contribution in [3.8, 4) is 11.5 Å². The van der Waals surface area contributed by atoms with Crippen LogP contribution in [0, 0.1) is 20.8 Å². The number of oxime groups is 1. The molecule has 0 N–H and O–H groups in total. The van der Waals surface area contributed by atoms with Crippen LogP contribution in [0.25, 0.3) is 11.5 Å². The highest BCUT2D eigenvalue weighted by molar-refractivity contribution is 6.00. The van der Waals surface area contributed by atoms with Gasteiger partial charge in [0.25, 0.3) is 0 Å². The minimum atomic E-state index is 0.552. The largest absolute Gasteiger partial charge is 0.396 e. The van der Waals surface area contributed by atoms with E-state index in [4.69, 9.17) is 9.82 Å². The number of aryl methyl sites for hydroxylation is 5. The zero-order chi connectivity index (χ0) is 20.9. The molecular formula is C24H27N5O. The van der Waals surface area contributed by atoms with Crippen LogP contribution < -0.4 is 0 Å². The summed E-state index contributed by atoms with van der Waals surface area (Å²) < 4.78 is 0. The van der Waals surface area contributed by atoms with E-state index in [0.717, 1.165) is 72.0 Å². The van der Waals surface area contributed by atoms with Gasteiger partial charge in [0.1, 0.15) is 18.0 Å². The lowest BCUT2D eigenvalue weighted by Crippen LogP contribution is -2.15. The Hall–Kier alpha value is -3.15. The average Bonchev–Trinajstić information content (AvgIpc) is 2.73. The molecule has 0 fully saturated rings. The molecule has 0 unspecified atom stereocenters. The summed E-state index contributed by atoms with van der Waals surface area (Å²) in [7, 11) is 0. The highest BCUT2D eigenvalue weighted by atomic mass is 16.6. The number of hydrogen-bond acceptors (Lipinski definition) is 6. The number of pyridine rings is 2. The number of hydrogen-bond donors (Lipinski definition) is 0. The van der Waals surface area contributed by atoms with Gasteiger partial charge in [-0.15, -0.1) is 0 Å². The van der Waals surface area contributed by atoms with E-state index in [0.29, 0.717) is 12.4 Å². The molecule has 0 aromatic carbocycles. The van der Waals surface area contributed by atoms with Crippen LogP contribution in [0.3, 0.4) is 0 Å². The van der Waals surface area contributed by atoms with E-state index in [1.807, 2.05) is 45.0 Å². The van der Waals surface area contributed by atoms with Crippen molar-refractivity contribution in [3.05, 3.63) is 70.4 Å². The Morgan fingerprint density at radius 1 is 0.900 bits per heavy atom. The molecule has 0 saturated carbocycles. The van der Waals surface area contributed by atoms with Crippen molar-refractivity contribution in [1.29, 1.82) is 0 Å². The molecule has 0 radical (unpaired) electrons. The fourth-order valence-corrected chi connectivity index (χ4v) is 3.72. The fraction of sp³-hybridized carbons (Fsp3) is 0.375. The van der Waals surface area contributed by atoms with Crippen molar-refractivity contribution in [2.75, 3.05) is 6.61 Å². The summed E-state index contributed by atoms with van der Waals surface area (Å²) in [5, 5.41) is 4.40. The van der Waals surface area contributed by atoms with Crippen LogP contribution in [0.1, 0.15) is 53.3 Å². The third-order valence-electron chi connectivity index (χ3n) is 5.11. The fourth-order valence-electron chi connectivity index (χ4n) is 3.72. The van der Waals surface area contributed by atoms with Crippen LogP contribution in [0.15, 0.2) is 41.6 Å². The first-order valence-electron chi connectivity index (χ1n) is 10.5. The Labute approximate surface area is 177 Å². The molecule has 1 aliphatic rings. The normalized spacial score (nSPS) is 14.6. The highest BCUT2D eigenvalue weighted by Gasteiger charge is 2.17. The molecule has 30 heavy (non-hydrogen) atoms. The van der Waals surface area contributed by atoms with Crippen molar-refractivity contribution in [2.24, 2.45) is 5.16 Å². The molecule has 1 aliphatic carbocycles. The highest BCUT2D eigenvalue weighted by Crippen LogP contribution is 2.21. The van der Waals surface area contributed by atoms with Crippen LogP contribution in [0.2, 0.25) is 0 Å². The Kier molecular flexibility index (Phi) is 6.12. The van der Waals surface area contributed by atoms with E-state index >= 15 is 0 Å². The molecule has 0 saturated heterocycles. The van der Waals surface area contributed by atoms with Crippen molar-refractivity contribution >= 4 is 5.71 Å². The van der Waals surface area contributed by atoms with Gasteiger partial charge < -0.3 is 4.84 Å². The van der Waals surface area contributed by atoms with Crippen LogP contribution in [-0.2, 0) is 17.7 Å². The van der Waals surface area contributed by atoms with Gasteiger partial charge in [0.15, 0.2) is 5.82 Å². The van der Waals surface area contributed by atoms with E-state index in [1.54, 1.807) is 0 Å². The lowest BCUT2D eigenvalue weighted by Gasteiger charge is -2.16. The molecule has 6 heteroatoms. The zero-order valence-electron chi connectivity index (χ0n) is 17.9. The van der Waals surface area contributed by atoms with E-state index in [-0.39, 0.29) is 0 Å². The summed E-state index contributed by atoms with van der Waals surface area (Å²) >= 11 is 0. The number of rotatable bonds is 6. The first-order valence-corrected chi connectivity index (χ1v) is 10.5. The Morgan fingerprint density at radius 3 is 2.57 bits per heavy atom. The molecule has 0 atom stereocenters. The van der Waals surface area contributed by atoms with E-state index in [2.05, 4.69) is 32.2 Å². The minimum absolute atomic E-state index is 0.552. The molecule has 3 aromatic rings. The third kappa shape index (κ3) is 4.87. The summed E-state index contributed by atoms with van der Waals surface area (Å²) in [4.78, 5) is 24.0. The first kappa shape index (κ1) is 20.1. The average molecular weight is 402 g/mol. The molecule has 3 heterocycles. The van der Waals surface area contributed by atoms with Crippen molar-refractivity contribution in [1.82, 2.24) is 19.9 Å². The van der Waals surface area contributed by atoms with Gasteiger partial charge in [-0.3, -0.25) is 4.98 Å². The van der Waals surface area contributed by atoms with Crippen LogP contribution in [0.5, 0.6) is 0 Å². The minimum Gasteiger partial charge on any atom is -0.396 e. The zero-order valence-corrected chi connectivity index (χ0v) is 17.9. The summed E-state index contributed by atoms with van der Waals surface area (Å²) in [6.45, 7) is 6.51. The monoisotopic (exact) mass is 401 g/mol. The summed E-state index contributed by atoms with van der Waals surface area (Å²) in [5.41, 5.74) is 7.96. The second kappa shape index (κ2) is 9.11. The van der Waals surface area contributed by atoms with Crippen molar-refractivity contribution < 1.29 is 4.84 Å². The SMILES string of the molecule is Cc1cc(C)nc(-c2cccc(CCCON=C3CCCc4ccc(C)nc43)n2)n1. The Bertz CT molecular complexity index is 1060. The lowest BCUT2D eigenvalue weighted by molar-refractivity contribution is 0.141. The maximum absolute atomic E-state index is 5.63. The molecule has 154 valence electrons. The summed E-state index contributed by atoms with van der Waals surface area (Å²) in [5.74, 6) is 0.677. The number of aromatic nitrogens is 4. The second-order valence-electron chi connectivity index (χ2n) is 7.78. The number of nitrogens with zero attached hydrogens (tertiary/aromatic N) is 5. The van der Waals surface area contributed by atoms with E-state index < -0.39 is 0 Å². The standard InChI is InChI=1S/C24H27N5O/c1-16-12-13-19-7-4-10-21(23(19)25-16)29-30-14-6-9-20-8-5-11-22(28-20)24-26-17(2)15-18(3)27-24/h5,8,11-13,15H,4,6-7,9-10,14H2,1-3H3. The van der Waals surface area contributed by atoms with E-state index in [1.165, 1.54) is 5.56 Å². The molecule has 0 bridgehead atoms. The smallest absolute Gasteiger partial charge is 0.178 e. The van der Waals surface area contributed by atoms with Gasteiger partial charge in [-0.05, 0) is 82.7 Å². The second-order valence-corrected chi connectivity index (χ2v) is 7.78. The lowest BCUT2D eigenvalue weighted by atomic mass is 9.94. The Balaban J connectivity index is 1.35. The molecule has 0 aliphatic heterocycles. The molecule has 0 amide bonds. The Morgan fingerprint density at radius 2 is 1.73 bits per heavy atom. The van der Waals surface area contributed by atoms with Gasteiger partial charge in [0, 0.05) is 22.8 Å². The third-order valence-corrected chi connectivity index (χ3v) is 5.11. The van der Waals surface area contributed by atoms with Crippen molar-refractivity contribution in [3.63, 3.8) is 0 Å². The first-order chi connectivity index (χ1) is 14.6. The quantitative estimate of drug-likeness (QED) is 0.448. The van der Waals surface area contributed by atoms with Gasteiger partial charge in [-0.1, -0.05) is 17.3 Å². The van der Waals surface area contributed by atoms with Crippen molar-refractivity contribution in [2.45, 2.75) is 52.9 Å². The van der Waals surface area contributed by atoms with Crippen LogP contribution in [0.4, 0.5) is 0 Å². The number of fused-ring (bicyclic) bond motifs is 1. The summed E-state index contributed by atoms with van der Waals surface area (Å²) in [6, 6.07) is 12.2. The van der Waals surface area contributed by atoms with E-state index in [9.17, 15) is 0 Å². The topological polar surface area (TPSA) is 73.2 Å². The molecule has 0 spiro atoms. The molecule has 3 aromatic heterocycles. The van der Waals surface area contributed by atoms with Crippen LogP contribution in [-0.4, -0.2) is 32.3 Å². The van der Waals surface area contributed by atoms with Gasteiger partial charge >= 0.3 is 0 Å². The van der Waals surface area contributed by atoms with Gasteiger partial charge in [-0.25, -0.2) is 15.0 Å². The predicted molar refractivity (Wildman–Crippen MR) is 117 cm³/mol. The maximum Gasteiger partial charge on any atom is 0.178 e. The van der Waals surface area contributed by atoms with Gasteiger partial charge in [-0.2, -0.15) is 0 Å². The van der Waals surface area contributed by atoms with Crippen LogP contribution >= 0.6 is 0 Å². The predicted octanol–water partition coefficient (Wildman–Crippen LogP) is 4.55. The summed E-state index contributed by atoms with van der Waals surface area (Å²) in [6.07, 6.45) is 4.74. The molecule has 6 nitrogen and oxygen atoms in total. The van der Waals surface area contributed by atoms with Gasteiger partial charge in [0.05, 0.1) is 5.69 Å². The molecule has 4 rings (SSSR count).